The highest BCUT2D eigenvalue weighted by molar-refractivity contribution is 6.34. The van der Waals surface area contributed by atoms with E-state index in [0.717, 1.165) is 22.8 Å². The first kappa shape index (κ1) is 28.9. The quantitative estimate of drug-likeness (QED) is 0.336. The lowest BCUT2D eigenvalue weighted by Crippen LogP contribution is -2.55. The number of halogens is 1. The summed E-state index contributed by atoms with van der Waals surface area (Å²) < 4.78 is 11.5. The summed E-state index contributed by atoms with van der Waals surface area (Å²) in [7, 11) is 1.66. The van der Waals surface area contributed by atoms with Gasteiger partial charge in [-0.3, -0.25) is 9.78 Å². The van der Waals surface area contributed by atoms with Gasteiger partial charge in [0, 0.05) is 66.2 Å². The van der Waals surface area contributed by atoms with Crippen LogP contribution in [0.2, 0.25) is 5.02 Å². The highest BCUT2D eigenvalue weighted by atomic mass is 35.5. The largest absolute Gasteiger partial charge is 0.391 e. The van der Waals surface area contributed by atoms with Gasteiger partial charge in [0.2, 0.25) is 5.91 Å². The lowest BCUT2D eigenvalue weighted by Gasteiger charge is -2.44. The summed E-state index contributed by atoms with van der Waals surface area (Å²) in [4.78, 5) is 19.7. The number of nitrogens with zero attached hydrogens (tertiary/aromatic N) is 2. The lowest BCUT2D eigenvalue weighted by molar-refractivity contribution is -0.167. The maximum absolute atomic E-state index is 13.5. The molecular weight excluding hydrogens is 530 g/mol. The number of unbranched alkanes of at least 4 members (excludes halogenated alkanes) is 1. The molecule has 5 rings (SSSR count). The van der Waals surface area contributed by atoms with E-state index in [0.29, 0.717) is 61.6 Å². The first-order chi connectivity index (χ1) is 19.3. The number of methoxy groups -OCH3 is 1. The van der Waals surface area contributed by atoms with Crippen molar-refractivity contribution < 1.29 is 24.5 Å². The van der Waals surface area contributed by atoms with Crippen LogP contribution in [0.1, 0.15) is 37.7 Å². The van der Waals surface area contributed by atoms with Crippen molar-refractivity contribution in [1.29, 1.82) is 0 Å². The number of pyridine rings is 1. The van der Waals surface area contributed by atoms with Crippen LogP contribution in [-0.4, -0.2) is 77.7 Å². The van der Waals surface area contributed by atoms with Crippen molar-refractivity contribution in [3.05, 3.63) is 65.4 Å². The van der Waals surface area contributed by atoms with Crippen LogP contribution in [0, 0.1) is 5.92 Å². The van der Waals surface area contributed by atoms with E-state index in [1.165, 1.54) is 0 Å². The Labute approximate surface area is 240 Å². The zero-order valence-electron chi connectivity index (χ0n) is 22.8. The second-order valence-corrected chi connectivity index (χ2v) is 11.4. The van der Waals surface area contributed by atoms with Crippen LogP contribution in [0.5, 0.6) is 0 Å². The van der Waals surface area contributed by atoms with Crippen LogP contribution in [0.4, 0.5) is 0 Å². The SMILES string of the molecule is COCCCC[C@](O)(c1cccc(Cl)c1-c1cncc2ccccc12)[C@@H]1CN(C(=O)[C@H]2C[C@@H](N)[C@@H](O)C2)CCO1. The summed E-state index contributed by atoms with van der Waals surface area (Å²) in [6, 6.07) is 13.1. The summed E-state index contributed by atoms with van der Waals surface area (Å²) in [5.41, 5.74) is 6.73. The van der Waals surface area contributed by atoms with E-state index in [-0.39, 0.29) is 18.4 Å². The highest BCUT2D eigenvalue weighted by Gasteiger charge is 2.46. The molecule has 0 bridgehead atoms. The van der Waals surface area contributed by atoms with Crippen LogP contribution in [0.25, 0.3) is 21.9 Å². The third kappa shape index (κ3) is 5.75. The van der Waals surface area contributed by atoms with E-state index in [9.17, 15) is 15.0 Å². The molecule has 3 aromatic rings. The first-order valence-electron chi connectivity index (χ1n) is 14.0. The molecule has 5 atom stereocenters. The third-order valence-electron chi connectivity index (χ3n) is 8.41. The molecule has 1 aromatic heterocycles. The Morgan fingerprint density at radius 3 is 2.80 bits per heavy atom. The number of aromatic nitrogens is 1. The molecule has 1 saturated heterocycles. The topological polar surface area (TPSA) is 118 Å². The van der Waals surface area contributed by atoms with Gasteiger partial charge in [0.05, 0.1) is 19.3 Å². The molecule has 8 nitrogen and oxygen atoms in total. The minimum absolute atomic E-state index is 0.0494. The zero-order chi connectivity index (χ0) is 28.3. The fourth-order valence-electron chi connectivity index (χ4n) is 6.23. The molecule has 1 aliphatic carbocycles. The van der Waals surface area contributed by atoms with Crippen molar-refractivity contribution in [3.8, 4) is 11.1 Å². The molecule has 214 valence electrons. The molecule has 1 aliphatic heterocycles. The molecule has 1 saturated carbocycles. The number of carbonyl (C=O) groups excluding carboxylic acids is 1. The number of benzene rings is 2. The second-order valence-electron chi connectivity index (χ2n) is 11.0. The average Bonchev–Trinajstić information content (AvgIpc) is 3.32. The number of aliphatic hydroxyl groups is 2. The average molecular weight is 568 g/mol. The molecule has 9 heteroatoms. The molecule has 40 heavy (non-hydrogen) atoms. The van der Waals surface area contributed by atoms with E-state index in [1.807, 2.05) is 48.7 Å². The van der Waals surface area contributed by atoms with Crippen molar-refractivity contribution in [2.75, 3.05) is 33.4 Å². The van der Waals surface area contributed by atoms with Crippen molar-refractivity contribution in [2.24, 2.45) is 11.7 Å². The van der Waals surface area contributed by atoms with Gasteiger partial charge in [0.25, 0.3) is 0 Å². The Morgan fingerprint density at radius 2 is 2.02 bits per heavy atom. The van der Waals surface area contributed by atoms with Crippen LogP contribution >= 0.6 is 11.6 Å². The molecule has 2 aliphatic rings. The molecule has 2 fully saturated rings. The highest BCUT2D eigenvalue weighted by Crippen LogP contribution is 2.44. The summed E-state index contributed by atoms with van der Waals surface area (Å²) in [6.07, 6.45) is 4.88. The summed E-state index contributed by atoms with van der Waals surface area (Å²) in [5, 5.41) is 25.2. The van der Waals surface area contributed by atoms with Gasteiger partial charge in [0.15, 0.2) is 0 Å². The number of aliphatic hydroxyl groups excluding tert-OH is 1. The van der Waals surface area contributed by atoms with Gasteiger partial charge in [-0.1, -0.05) is 48.0 Å². The van der Waals surface area contributed by atoms with Gasteiger partial charge in [-0.15, -0.1) is 0 Å². The fourth-order valence-corrected chi connectivity index (χ4v) is 6.51. The van der Waals surface area contributed by atoms with Crippen LogP contribution < -0.4 is 5.73 Å². The Kier molecular flexibility index (Phi) is 9.05. The molecule has 0 radical (unpaired) electrons. The predicted molar refractivity (Wildman–Crippen MR) is 155 cm³/mol. The van der Waals surface area contributed by atoms with Crippen LogP contribution in [-0.2, 0) is 19.9 Å². The van der Waals surface area contributed by atoms with Gasteiger partial charge in [-0.25, -0.2) is 0 Å². The molecule has 2 heterocycles. The second kappa shape index (κ2) is 12.5. The monoisotopic (exact) mass is 567 g/mol. The number of hydrogen-bond donors (Lipinski definition) is 3. The molecule has 2 aromatic carbocycles. The molecule has 0 unspecified atom stereocenters. The maximum Gasteiger partial charge on any atom is 0.226 e. The standard InChI is InChI=1S/C31H38ClN3O5/c1-39-13-5-4-11-31(38,28-19-35(12-14-40-28)30(37)21-15-26(33)27(36)16-21)24-9-6-10-25(32)29(24)23-18-34-17-20-7-2-3-8-22(20)23/h2-3,6-10,17-18,21,26-28,36,38H,4-5,11-16,19,33H2,1H3/t21-,26+,27-,28-,31-/m0/s1. The Balaban J connectivity index is 1.54. The van der Waals surface area contributed by atoms with Crippen LogP contribution in [0.3, 0.4) is 0 Å². The maximum atomic E-state index is 13.5. The summed E-state index contributed by atoms with van der Waals surface area (Å²) in [5.74, 6) is -0.381. The van der Waals surface area contributed by atoms with E-state index < -0.39 is 23.9 Å². The molecule has 1 amide bonds. The zero-order valence-corrected chi connectivity index (χ0v) is 23.6. The van der Waals surface area contributed by atoms with Crippen molar-refractivity contribution in [2.45, 2.75) is 56.0 Å². The van der Waals surface area contributed by atoms with Crippen molar-refractivity contribution >= 4 is 28.3 Å². The molecular formula is C31H38ClN3O5. The Hall–Kier alpha value is -2.59. The van der Waals surface area contributed by atoms with Gasteiger partial charge in [0.1, 0.15) is 11.7 Å². The van der Waals surface area contributed by atoms with E-state index in [4.69, 9.17) is 26.8 Å². The minimum Gasteiger partial charge on any atom is -0.391 e. The van der Waals surface area contributed by atoms with Gasteiger partial charge in [-0.2, -0.15) is 0 Å². The predicted octanol–water partition coefficient (Wildman–Crippen LogP) is 3.89. The number of carbonyl (C=O) groups is 1. The number of ether oxygens (including phenoxy) is 2. The normalized spacial score (nSPS) is 24.8. The third-order valence-corrected chi connectivity index (χ3v) is 8.73. The van der Waals surface area contributed by atoms with Crippen molar-refractivity contribution in [1.82, 2.24) is 9.88 Å². The number of fused-ring (bicyclic) bond motifs is 1. The number of morpholine rings is 1. The molecule has 0 spiro atoms. The van der Waals surface area contributed by atoms with E-state index in [1.54, 1.807) is 18.2 Å². The Bertz CT molecular complexity index is 1320. The minimum atomic E-state index is -1.45. The summed E-state index contributed by atoms with van der Waals surface area (Å²) in [6.45, 7) is 1.52. The number of amides is 1. The van der Waals surface area contributed by atoms with Gasteiger partial charge in [-0.05, 0) is 49.1 Å². The number of rotatable bonds is 9. The van der Waals surface area contributed by atoms with Gasteiger partial charge >= 0.3 is 0 Å². The molecule has 4 N–H and O–H groups in total. The Morgan fingerprint density at radius 1 is 1.20 bits per heavy atom. The summed E-state index contributed by atoms with van der Waals surface area (Å²) >= 11 is 6.89. The fraction of sp³-hybridized carbons (Fsp3) is 0.484. The first-order valence-corrected chi connectivity index (χ1v) is 14.4. The lowest BCUT2D eigenvalue weighted by atomic mass is 9.78. The number of hydrogen-bond acceptors (Lipinski definition) is 7. The number of nitrogens with two attached hydrogens (primary N) is 1. The van der Waals surface area contributed by atoms with E-state index >= 15 is 0 Å². The van der Waals surface area contributed by atoms with E-state index in [2.05, 4.69) is 4.98 Å². The smallest absolute Gasteiger partial charge is 0.226 e. The van der Waals surface area contributed by atoms with Crippen LogP contribution in [0.15, 0.2) is 54.9 Å². The van der Waals surface area contributed by atoms with Crippen molar-refractivity contribution in [3.63, 3.8) is 0 Å². The van der Waals surface area contributed by atoms with Gasteiger partial charge < -0.3 is 30.3 Å².